The van der Waals surface area contributed by atoms with Gasteiger partial charge in [-0.2, -0.15) is 4.72 Å². The molecule has 24 heavy (non-hydrogen) atoms. The zero-order valence-electron chi connectivity index (χ0n) is 14.8. The molecule has 0 atom stereocenters. The number of hydrogen-bond acceptors (Lipinski definition) is 6. The third-order valence-corrected chi connectivity index (χ3v) is 4.61. The number of carbonyl (C=O) groups is 2. The van der Waals surface area contributed by atoms with Crippen LogP contribution in [0.5, 0.6) is 0 Å². The molecule has 0 spiro atoms. The number of aromatic nitrogens is 1. The fraction of sp³-hybridized carbons (Fsp3) is 0.600. The molecule has 9 heteroatoms. The minimum Gasteiger partial charge on any atom is -0.461 e. The average Bonchev–Trinajstić information content (AvgIpc) is 2.72. The Hall–Kier alpha value is -1.87. The fourth-order valence-electron chi connectivity index (χ4n) is 1.95. The van der Waals surface area contributed by atoms with Gasteiger partial charge in [-0.25, -0.2) is 13.2 Å². The lowest BCUT2D eigenvalue weighted by Crippen LogP contribution is -2.34. The summed E-state index contributed by atoms with van der Waals surface area (Å²) in [6.07, 6.45) is 0. The molecule has 1 rings (SSSR count). The van der Waals surface area contributed by atoms with Crippen molar-refractivity contribution in [2.75, 3.05) is 13.2 Å². The number of ether oxygens (including phenoxy) is 2. The van der Waals surface area contributed by atoms with Gasteiger partial charge in [0.15, 0.2) is 0 Å². The Morgan fingerprint density at radius 3 is 2.38 bits per heavy atom. The summed E-state index contributed by atoms with van der Waals surface area (Å²) in [4.78, 5) is 23.4. The van der Waals surface area contributed by atoms with Crippen molar-refractivity contribution in [2.24, 2.45) is 7.05 Å². The van der Waals surface area contributed by atoms with E-state index < -0.39 is 34.1 Å². The van der Waals surface area contributed by atoms with Crippen LogP contribution in [0.1, 0.15) is 43.9 Å². The Morgan fingerprint density at radius 2 is 1.88 bits per heavy atom. The van der Waals surface area contributed by atoms with Crippen LogP contribution in [0.25, 0.3) is 0 Å². The quantitative estimate of drug-likeness (QED) is 0.763. The number of carbonyl (C=O) groups excluding carboxylic acids is 2. The highest BCUT2D eigenvalue weighted by Gasteiger charge is 2.26. The second-order valence-corrected chi connectivity index (χ2v) is 7.91. The van der Waals surface area contributed by atoms with Gasteiger partial charge in [0, 0.05) is 12.7 Å². The maximum Gasteiger partial charge on any atom is 0.354 e. The Bertz CT molecular complexity index is 728. The van der Waals surface area contributed by atoms with Crippen LogP contribution in [-0.2, 0) is 31.3 Å². The highest BCUT2D eigenvalue weighted by atomic mass is 32.2. The summed E-state index contributed by atoms with van der Waals surface area (Å²) >= 11 is 0. The van der Waals surface area contributed by atoms with Gasteiger partial charge in [-0.05, 0) is 40.7 Å². The van der Waals surface area contributed by atoms with Crippen LogP contribution in [0.2, 0.25) is 0 Å². The minimum atomic E-state index is -3.97. The first-order valence-corrected chi connectivity index (χ1v) is 8.92. The monoisotopic (exact) mass is 360 g/mol. The zero-order valence-corrected chi connectivity index (χ0v) is 15.6. The van der Waals surface area contributed by atoms with E-state index in [4.69, 9.17) is 9.47 Å². The molecule has 0 unspecified atom stereocenters. The third kappa shape index (κ3) is 5.07. The molecule has 1 heterocycles. The first kappa shape index (κ1) is 20.2. The first-order chi connectivity index (χ1) is 10.9. The summed E-state index contributed by atoms with van der Waals surface area (Å²) in [7, 11) is -2.41. The highest BCUT2D eigenvalue weighted by Crippen LogP contribution is 2.20. The third-order valence-electron chi connectivity index (χ3n) is 3.09. The van der Waals surface area contributed by atoms with Gasteiger partial charge >= 0.3 is 11.9 Å². The van der Waals surface area contributed by atoms with Crippen LogP contribution in [0, 0.1) is 6.92 Å². The van der Waals surface area contributed by atoms with Crippen molar-refractivity contribution in [3.8, 4) is 0 Å². The molecular weight excluding hydrogens is 336 g/mol. The largest absolute Gasteiger partial charge is 0.461 e. The summed E-state index contributed by atoms with van der Waals surface area (Å²) in [5, 5.41) is 0. The van der Waals surface area contributed by atoms with E-state index in [0.29, 0.717) is 5.69 Å². The van der Waals surface area contributed by atoms with Gasteiger partial charge in [0.05, 0.1) is 6.61 Å². The van der Waals surface area contributed by atoms with E-state index in [2.05, 4.69) is 4.72 Å². The van der Waals surface area contributed by atoms with Crippen LogP contribution in [0.4, 0.5) is 0 Å². The second kappa shape index (κ2) is 7.35. The van der Waals surface area contributed by atoms with E-state index in [1.807, 2.05) is 0 Å². The molecule has 0 radical (unpaired) electrons. The van der Waals surface area contributed by atoms with Crippen molar-refractivity contribution >= 4 is 22.0 Å². The van der Waals surface area contributed by atoms with Crippen LogP contribution in [-0.4, -0.2) is 43.7 Å². The van der Waals surface area contributed by atoms with E-state index in [9.17, 15) is 18.0 Å². The molecule has 0 fully saturated rings. The highest BCUT2D eigenvalue weighted by molar-refractivity contribution is 7.89. The van der Waals surface area contributed by atoms with Crippen molar-refractivity contribution in [3.05, 3.63) is 17.5 Å². The van der Waals surface area contributed by atoms with E-state index in [1.54, 1.807) is 41.7 Å². The molecule has 1 aromatic rings. The normalized spacial score (nSPS) is 12.1. The Morgan fingerprint density at radius 1 is 1.29 bits per heavy atom. The molecule has 0 amide bonds. The minimum absolute atomic E-state index is 0.0865. The molecule has 1 aromatic heterocycles. The number of sulfonamides is 1. The maximum atomic E-state index is 12.4. The Labute approximate surface area is 142 Å². The lowest BCUT2D eigenvalue weighted by Gasteiger charge is -2.19. The number of esters is 2. The van der Waals surface area contributed by atoms with Crippen molar-refractivity contribution in [2.45, 2.75) is 45.1 Å². The standard InChI is InChI=1S/C15H24N2O6S/c1-7-22-14(19)11-8-12(10(2)17(11)6)24(20,21)16-9-13(18)23-15(3,4)5/h8,16H,7,9H2,1-6H3. The van der Waals surface area contributed by atoms with E-state index in [1.165, 1.54) is 10.6 Å². The predicted molar refractivity (Wildman–Crippen MR) is 87.1 cm³/mol. The average molecular weight is 360 g/mol. The molecule has 0 aliphatic rings. The smallest absolute Gasteiger partial charge is 0.354 e. The van der Waals surface area contributed by atoms with Crippen molar-refractivity contribution < 1.29 is 27.5 Å². The van der Waals surface area contributed by atoms with Crippen molar-refractivity contribution in [3.63, 3.8) is 0 Å². The number of rotatable bonds is 6. The number of nitrogens with one attached hydrogen (secondary N) is 1. The van der Waals surface area contributed by atoms with Gasteiger partial charge in [0.1, 0.15) is 22.7 Å². The Kier molecular flexibility index (Phi) is 6.18. The van der Waals surface area contributed by atoms with Crippen molar-refractivity contribution in [1.29, 1.82) is 0 Å². The van der Waals surface area contributed by atoms with E-state index >= 15 is 0 Å². The topological polar surface area (TPSA) is 104 Å². The lowest BCUT2D eigenvalue weighted by atomic mass is 10.2. The van der Waals surface area contributed by atoms with Crippen LogP contribution in [0.3, 0.4) is 0 Å². The molecular formula is C15H24N2O6S. The van der Waals surface area contributed by atoms with E-state index in [-0.39, 0.29) is 17.2 Å². The van der Waals surface area contributed by atoms with Gasteiger partial charge in [-0.15, -0.1) is 0 Å². The van der Waals surface area contributed by atoms with Gasteiger partial charge in [-0.3, -0.25) is 4.79 Å². The number of nitrogens with zero attached hydrogens (tertiary/aromatic N) is 1. The van der Waals surface area contributed by atoms with Gasteiger partial charge in [0.25, 0.3) is 0 Å². The molecule has 0 aromatic carbocycles. The summed E-state index contributed by atoms with van der Waals surface area (Å²) < 4.78 is 38.3. The first-order valence-electron chi connectivity index (χ1n) is 7.44. The van der Waals surface area contributed by atoms with Crippen LogP contribution < -0.4 is 4.72 Å². The van der Waals surface area contributed by atoms with Crippen molar-refractivity contribution in [1.82, 2.24) is 9.29 Å². The molecule has 0 saturated carbocycles. The van der Waals surface area contributed by atoms with Gasteiger partial charge < -0.3 is 14.0 Å². The molecule has 8 nitrogen and oxygen atoms in total. The molecule has 0 aliphatic heterocycles. The SMILES string of the molecule is CCOC(=O)c1cc(S(=O)(=O)NCC(=O)OC(C)(C)C)c(C)n1C. The number of hydrogen-bond donors (Lipinski definition) is 1. The molecule has 0 bridgehead atoms. The van der Waals surface area contributed by atoms with Crippen LogP contribution in [0.15, 0.2) is 11.0 Å². The zero-order chi connectivity index (χ0) is 18.7. The lowest BCUT2D eigenvalue weighted by molar-refractivity contribution is -0.153. The molecule has 0 aliphatic carbocycles. The summed E-state index contributed by atoms with van der Waals surface area (Å²) in [6, 6.07) is 1.23. The van der Waals surface area contributed by atoms with Gasteiger partial charge in [-0.1, -0.05) is 0 Å². The molecule has 0 saturated heterocycles. The Balaban J connectivity index is 2.97. The molecule has 136 valence electrons. The summed E-state index contributed by atoms with van der Waals surface area (Å²) in [5.41, 5.74) is -0.232. The predicted octanol–water partition coefficient (Wildman–Crippen LogP) is 1.13. The molecule has 1 N–H and O–H groups in total. The van der Waals surface area contributed by atoms with E-state index in [0.717, 1.165) is 0 Å². The van der Waals surface area contributed by atoms with Crippen LogP contribution >= 0.6 is 0 Å². The summed E-state index contributed by atoms with van der Waals surface area (Å²) in [5.74, 6) is -1.30. The summed E-state index contributed by atoms with van der Waals surface area (Å²) in [6.45, 7) is 7.97. The van der Waals surface area contributed by atoms with Gasteiger partial charge in [0.2, 0.25) is 10.0 Å². The fourth-order valence-corrected chi connectivity index (χ4v) is 3.21. The second-order valence-electron chi connectivity index (χ2n) is 6.17. The maximum absolute atomic E-state index is 12.4.